The minimum Gasteiger partial charge on any atom is -0.378 e. The van der Waals surface area contributed by atoms with Crippen LogP contribution in [-0.4, -0.2) is 57.4 Å². The molecule has 31 heavy (non-hydrogen) atoms. The number of carbonyl (C=O) groups is 4. The SMILES string of the molecule is O=C1CCC(N2C(=O)c3cccc(CNc4cnn(C5CCNC5)c4)c3C2=O)C(=O)N1. The van der Waals surface area contributed by atoms with Crippen LogP contribution in [0.15, 0.2) is 30.6 Å². The Balaban J connectivity index is 1.34. The van der Waals surface area contributed by atoms with Gasteiger partial charge in [0.1, 0.15) is 6.04 Å². The lowest BCUT2D eigenvalue weighted by atomic mass is 10.0. The lowest BCUT2D eigenvalue weighted by molar-refractivity contribution is -0.136. The first kappa shape index (κ1) is 19.4. The molecular weight excluding hydrogens is 400 g/mol. The van der Waals surface area contributed by atoms with Crippen molar-refractivity contribution in [2.75, 3.05) is 18.4 Å². The summed E-state index contributed by atoms with van der Waals surface area (Å²) in [5.74, 6) is -2.01. The van der Waals surface area contributed by atoms with Gasteiger partial charge in [-0.1, -0.05) is 12.1 Å². The maximum atomic E-state index is 13.1. The van der Waals surface area contributed by atoms with Crippen molar-refractivity contribution in [3.05, 3.63) is 47.3 Å². The zero-order chi connectivity index (χ0) is 21.5. The van der Waals surface area contributed by atoms with Gasteiger partial charge in [0.15, 0.2) is 0 Å². The van der Waals surface area contributed by atoms with Gasteiger partial charge < -0.3 is 10.6 Å². The van der Waals surface area contributed by atoms with Gasteiger partial charge in [0, 0.05) is 25.7 Å². The normalized spacial score (nSPS) is 23.3. The van der Waals surface area contributed by atoms with Gasteiger partial charge in [-0.15, -0.1) is 0 Å². The fourth-order valence-electron chi connectivity index (χ4n) is 4.42. The Morgan fingerprint density at radius 1 is 1.13 bits per heavy atom. The highest BCUT2D eigenvalue weighted by molar-refractivity contribution is 6.24. The molecule has 160 valence electrons. The highest BCUT2D eigenvalue weighted by atomic mass is 16.2. The molecule has 2 atom stereocenters. The summed E-state index contributed by atoms with van der Waals surface area (Å²) in [6.07, 6.45) is 4.94. The molecule has 10 heteroatoms. The van der Waals surface area contributed by atoms with Crippen molar-refractivity contribution >= 4 is 29.3 Å². The molecule has 2 saturated heterocycles. The maximum Gasteiger partial charge on any atom is 0.262 e. The zero-order valence-corrected chi connectivity index (χ0v) is 16.8. The summed E-state index contributed by atoms with van der Waals surface area (Å²) < 4.78 is 1.93. The Labute approximate surface area is 178 Å². The second kappa shape index (κ2) is 7.62. The number of nitrogens with one attached hydrogen (secondary N) is 3. The summed E-state index contributed by atoms with van der Waals surface area (Å²) in [6, 6.07) is 4.47. The first-order valence-corrected chi connectivity index (χ1v) is 10.3. The second-order valence-electron chi connectivity index (χ2n) is 8.00. The quantitative estimate of drug-likeness (QED) is 0.597. The van der Waals surface area contributed by atoms with Crippen molar-refractivity contribution in [1.29, 1.82) is 0 Å². The van der Waals surface area contributed by atoms with Gasteiger partial charge in [-0.25, -0.2) is 0 Å². The van der Waals surface area contributed by atoms with Gasteiger partial charge in [0.05, 0.1) is 29.1 Å². The number of carbonyl (C=O) groups excluding carboxylic acids is 4. The van der Waals surface area contributed by atoms with E-state index in [0.29, 0.717) is 23.7 Å². The number of hydrogen-bond donors (Lipinski definition) is 3. The van der Waals surface area contributed by atoms with Crippen molar-refractivity contribution in [1.82, 2.24) is 25.3 Å². The van der Waals surface area contributed by atoms with Crippen LogP contribution in [0, 0.1) is 0 Å². The van der Waals surface area contributed by atoms with Crippen LogP contribution in [0.5, 0.6) is 0 Å². The van der Waals surface area contributed by atoms with Crippen molar-refractivity contribution in [3.8, 4) is 0 Å². The number of hydrogen-bond acceptors (Lipinski definition) is 7. The molecule has 3 N–H and O–H groups in total. The van der Waals surface area contributed by atoms with Crippen LogP contribution in [0.3, 0.4) is 0 Å². The van der Waals surface area contributed by atoms with Crippen LogP contribution in [0.2, 0.25) is 0 Å². The molecule has 10 nitrogen and oxygen atoms in total. The molecule has 0 spiro atoms. The molecule has 1 aromatic heterocycles. The van der Waals surface area contributed by atoms with Gasteiger partial charge >= 0.3 is 0 Å². The lowest BCUT2D eigenvalue weighted by Gasteiger charge is -2.27. The summed E-state index contributed by atoms with van der Waals surface area (Å²) in [5, 5.41) is 13.2. The lowest BCUT2D eigenvalue weighted by Crippen LogP contribution is -2.54. The van der Waals surface area contributed by atoms with Gasteiger partial charge in [-0.05, 0) is 31.0 Å². The molecule has 2 unspecified atom stereocenters. The van der Waals surface area contributed by atoms with E-state index in [2.05, 4.69) is 21.0 Å². The molecule has 3 aliphatic heterocycles. The summed E-state index contributed by atoms with van der Waals surface area (Å²) >= 11 is 0. The molecule has 0 radical (unpaired) electrons. The smallest absolute Gasteiger partial charge is 0.262 e. The molecule has 0 aliphatic carbocycles. The number of fused-ring (bicyclic) bond motifs is 1. The van der Waals surface area contributed by atoms with E-state index in [1.807, 2.05) is 10.9 Å². The van der Waals surface area contributed by atoms with Gasteiger partial charge in [-0.3, -0.25) is 34.1 Å². The minimum absolute atomic E-state index is 0.0960. The maximum absolute atomic E-state index is 13.1. The van der Waals surface area contributed by atoms with E-state index in [9.17, 15) is 19.2 Å². The van der Waals surface area contributed by atoms with Crippen LogP contribution in [0.1, 0.15) is 51.6 Å². The van der Waals surface area contributed by atoms with Crippen LogP contribution in [-0.2, 0) is 16.1 Å². The Morgan fingerprint density at radius 2 is 2.00 bits per heavy atom. The van der Waals surface area contributed by atoms with Crippen LogP contribution in [0.4, 0.5) is 5.69 Å². The number of piperidine rings is 1. The number of aromatic nitrogens is 2. The van der Waals surface area contributed by atoms with E-state index in [4.69, 9.17) is 0 Å². The average molecular weight is 422 g/mol. The second-order valence-corrected chi connectivity index (χ2v) is 8.00. The van der Waals surface area contributed by atoms with Crippen LogP contribution in [0.25, 0.3) is 0 Å². The molecule has 5 rings (SSSR count). The van der Waals surface area contributed by atoms with Crippen molar-refractivity contribution < 1.29 is 19.2 Å². The topological polar surface area (TPSA) is 125 Å². The Hall–Kier alpha value is -3.53. The van der Waals surface area contributed by atoms with E-state index in [1.165, 1.54) is 0 Å². The Morgan fingerprint density at radius 3 is 2.77 bits per heavy atom. The largest absolute Gasteiger partial charge is 0.378 e. The molecule has 1 aromatic carbocycles. The first-order chi connectivity index (χ1) is 15.0. The van der Waals surface area contributed by atoms with Gasteiger partial charge in [0.25, 0.3) is 11.8 Å². The number of rotatable bonds is 5. The van der Waals surface area contributed by atoms with Crippen molar-refractivity contribution in [2.24, 2.45) is 0 Å². The van der Waals surface area contributed by atoms with E-state index in [1.54, 1.807) is 24.4 Å². The van der Waals surface area contributed by atoms with E-state index >= 15 is 0 Å². The number of imide groups is 2. The predicted octanol–water partition coefficient (Wildman–Crippen LogP) is 0.431. The van der Waals surface area contributed by atoms with Crippen molar-refractivity contribution in [3.63, 3.8) is 0 Å². The summed E-state index contributed by atoms with van der Waals surface area (Å²) in [6.45, 7) is 2.20. The standard InChI is InChI=1S/C21H22N6O4/c28-17-5-4-16(19(29)25-17)27-20(30)15-3-1-2-12(18(15)21(27)31)8-23-13-9-24-26(11-13)14-6-7-22-10-14/h1-3,9,11,14,16,22-23H,4-8,10H2,(H,25,28,29). The molecule has 0 bridgehead atoms. The number of nitrogens with zero attached hydrogens (tertiary/aromatic N) is 3. The van der Waals surface area contributed by atoms with E-state index in [0.717, 1.165) is 30.1 Å². The number of benzene rings is 1. The fraction of sp³-hybridized carbons (Fsp3) is 0.381. The molecule has 2 fully saturated rings. The molecule has 4 amide bonds. The van der Waals surface area contributed by atoms with Gasteiger partial charge in [-0.2, -0.15) is 5.10 Å². The van der Waals surface area contributed by atoms with E-state index < -0.39 is 29.7 Å². The fourth-order valence-corrected chi connectivity index (χ4v) is 4.42. The average Bonchev–Trinajstić information content (AvgIpc) is 3.49. The Kier molecular flexibility index (Phi) is 4.78. The van der Waals surface area contributed by atoms with Gasteiger partial charge in [0.2, 0.25) is 11.8 Å². The zero-order valence-electron chi connectivity index (χ0n) is 16.8. The first-order valence-electron chi connectivity index (χ1n) is 10.3. The Bertz CT molecular complexity index is 1090. The molecule has 0 saturated carbocycles. The van der Waals surface area contributed by atoms with E-state index in [-0.39, 0.29) is 18.4 Å². The third-order valence-corrected chi connectivity index (χ3v) is 6.05. The minimum atomic E-state index is -0.968. The summed E-state index contributed by atoms with van der Waals surface area (Å²) in [4.78, 5) is 50.7. The summed E-state index contributed by atoms with van der Waals surface area (Å²) in [5.41, 5.74) is 2.07. The monoisotopic (exact) mass is 422 g/mol. The third kappa shape index (κ3) is 3.38. The predicted molar refractivity (Wildman–Crippen MR) is 109 cm³/mol. The van der Waals surface area contributed by atoms with Crippen molar-refractivity contribution in [2.45, 2.75) is 37.9 Å². The number of amides is 4. The highest BCUT2D eigenvalue weighted by Crippen LogP contribution is 2.30. The summed E-state index contributed by atoms with van der Waals surface area (Å²) in [7, 11) is 0. The molecular formula is C21H22N6O4. The van der Waals surface area contributed by atoms with Crippen LogP contribution < -0.4 is 16.0 Å². The number of anilines is 1. The third-order valence-electron chi connectivity index (χ3n) is 6.05. The molecule has 4 heterocycles. The highest BCUT2D eigenvalue weighted by Gasteiger charge is 2.45. The molecule has 2 aromatic rings. The van der Waals surface area contributed by atoms with Crippen LogP contribution >= 0.6 is 0 Å². The molecule has 3 aliphatic rings.